The summed E-state index contributed by atoms with van der Waals surface area (Å²) < 4.78 is 7.00. The molecule has 2 nitrogen and oxygen atoms in total. The molecule has 3 aromatic carbocycles. The first kappa shape index (κ1) is 17.1. The van der Waals surface area contributed by atoms with E-state index in [-0.39, 0.29) is 7.05 Å². The highest BCUT2D eigenvalue weighted by Crippen LogP contribution is 2.48. The lowest BCUT2D eigenvalue weighted by atomic mass is 9.72. The smallest absolute Gasteiger partial charge is 0.402 e. The van der Waals surface area contributed by atoms with Crippen molar-refractivity contribution >= 4 is 24.1 Å². The third-order valence-corrected chi connectivity index (χ3v) is 6.17. The first-order chi connectivity index (χ1) is 13.3. The largest absolute Gasteiger partial charge is 0.419 e. The zero-order valence-corrected chi connectivity index (χ0v) is 15.8. The van der Waals surface area contributed by atoms with Gasteiger partial charge in [-0.3, -0.25) is 0 Å². The van der Waals surface area contributed by atoms with E-state index in [1.165, 1.54) is 23.0 Å². The SMILES string of the molecule is Clc1ccc(B2OC(c3ccccc3)(c3ccccc3)[C@@H]3CCCN23)cc1. The maximum atomic E-state index is 7.00. The van der Waals surface area contributed by atoms with Gasteiger partial charge >= 0.3 is 7.05 Å². The third kappa shape index (κ3) is 2.73. The van der Waals surface area contributed by atoms with Gasteiger partial charge in [-0.15, -0.1) is 0 Å². The van der Waals surface area contributed by atoms with Gasteiger partial charge in [0, 0.05) is 11.1 Å². The van der Waals surface area contributed by atoms with Gasteiger partial charge in [0.1, 0.15) is 5.60 Å². The van der Waals surface area contributed by atoms with E-state index in [4.69, 9.17) is 16.3 Å². The fourth-order valence-corrected chi connectivity index (χ4v) is 4.90. The van der Waals surface area contributed by atoms with Crippen molar-refractivity contribution in [3.63, 3.8) is 0 Å². The maximum Gasteiger partial charge on any atom is 0.419 e. The summed E-state index contributed by atoms with van der Waals surface area (Å²) in [5.41, 5.74) is 3.16. The number of fused-ring (bicyclic) bond motifs is 1. The molecule has 0 amide bonds. The third-order valence-electron chi connectivity index (χ3n) is 5.92. The summed E-state index contributed by atoms with van der Waals surface area (Å²) in [5.74, 6) is 0. The second-order valence-electron chi connectivity index (χ2n) is 7.39. The maximum absolute atomic E-state index is 7.00. The molecule has 0 aromatic heterocycles. The quantitative estimate of drug-likeness (QED) is 0.628. The summed E-state index contributed by atoms with van der Waals surface area (Å²) in [6.45, 7) is 1.05. The summed E-state index contributed by atoms with van der Waals surface area (Å²) in [5, 5.41) is 0.757. The van der Waals surface area contributed by atoms with Gasteiger partial charge in [0.15, 0.2) is 0 Å². The fourth-order valence-electron chi connectivity index (χ4n) is 4.77. The molecule has 2 heterocycles. The van der Waals surface area contributed by atoms with Crippen LogP contribution in [0.1, 0.15) is 24.0 Å². The van der Waals surface area contributed by atoms with Gasteiger partial charge in [0.05, 0.1) is 0 Å². The van der Waals surface area contributed by atoms with Gasteiger partial charge in [-0.05, 0) is 48.1 Å². The van der Waals surface area contributed by atoms with Crippen LogP contribution in [0.15, 0.2) is 84.9 Å². The first-order valence-corrected chi connectivity index (χ1v) is 9.97. The van der Waals surface area contributed by atoms with Crippen LogP contribution in [0.2, 0.25) is 5.02 Å². The molecule has 1 atom stereocenters. The number of hydrogen-bond donors (Lipinski definition) is 0. The Morgan fingerprint density at radius 1 is 0.852 bits per heavy atom. The zero-order chi connectivity index (χ0) is 18.3. The predicted octanol–water partition coefficient (Wildman–Crippen LogP) is 4.47. The van der Waals surface area contributed by atoms with Crippen molar-refractivity contribution in [1.82, 2.24) is 4.81 Å². The Bertz CT molecular complexity index is 877. The van der Waals surface area contributed by atoms with Crippen LogP contribution in [0, 0.1) is 0 Å². The Labute approximate surface area is 165 Å². The molecular formula is C23H21BClNO. The van der Waals surface area contributed by atoms with E-state index >= 15 is 0 Å². The van der Waals surface area contributed by atoms with E-state index < -0.39 is 5.60 Å². The average Bonchev–Trinajstić information content (AvgIpc) is 3.32. The molecule has 2 fully saturated rings. The molecule has 0 saturated carbocycles. The molecule has 3 aromatic rings. The lowest BCUT2D eigenvalue weighted by Gasteiger charge is -2.36. The number of hydrogen-bond acceptors (Lipinski definition) is 2. The lowest BCUT2D eigenvalue weighted by Crippen LogP contribution is -2.45. The standard InChI is InChI=1S/C23H21BClNO/c25-21-15-13-20(14-16-21)24-26-17-7-12-22(26)23(27-24,18-8-3-1-4-9-18)19-10-5-2-6-11-19/h1-6,8-11,13-16,22H,7,12,17H2/t22-/m0/s1. The summed E-state index contributed by atoms with van der Waals surface area (Å²) in [7, 11) is -0.0600. The molecular weight excluding hydrogens is 353 g/mol. The van der Waals surface area contributed by atoms with Gasteiger partial charge in [-0.1, -0.05) is 84.4 Å². The van der Waals surface area contributed by atoms with Crippen LogP contribution < -0.4 is 5.46 Å². The normalized spacial score (nSPS) is 21.4. The molecule has 0 spiro atoms. The minimum atomic E-state index is -0.455. The lowest BCUT2D eigenvalue weighted by molar-refractivity contribution is 0.106. The molecule has 2 aliphatic heterocycles. The van der Waals surface area contributed by atoms with Crippen LogP contribution in [-0.2, 0) is 10.3 Å². The van der Waals surface area contributed by atoms with Gasteiger partial charge in [0.2, 0.25) is 0 Å². The summed E-state index contributed by atoms with van der Waals surface area (Å²) in [6.07, 6.45) is 2.33. The van der Waals surface area contributed by atoms with E-state index in [2.05, 4.69) is 77.6 Å². The minimum Gasteiger partial charge on any atom is -0.402 e. The van der Waals surface area contributed by atoms with E-state index in [1.54, 1.807) is 0 Å². The van der Waals surface area contributed by atoms with Crippen LogP contribution >= 0.6 is 11.6 Å². The topological polar surface area (TPSA) is 12.5 Å². The molecule has 4 heteroatoms. The Morgan fingerprint density at radius 2 is 1.44 bits per heavy atom. The summed E-state index contributed by atoms with van der Waals surface area (Å²) >= 11 is 6.12. The Hall–Kier alpha value is -2.07. The van der Waals surface area contributed by atoms with E-state index in [0.717, 1.165) is 18.0 Å². The van der Waals surface area contributed by atoms with Gasteiger partial charge < -0.3 is 9.47 Å². The second kappa shape index (κ2) is 6.83. The van der Waals surface area contributed by atoms with E-state index in [0.29, 0.717) is 6.04 Å². The highest BCUT2D eigenvalue weighted by molar-refractivity contribution is 6.65. The molecule has 2 aliphatic rings. The molecule has 0 bridgehead atoms. The van der Waals surface area contributed by atoms with Crippen molar-refractivity contribution in [2.75, 3.05) is 6.54 Å². The molecule has 0 N–H and O–H groups in total. The zero-order valence-electron chi connectivity index (χ0n) is 15.1. The first-order valence-electron chi connectivity index (χ1n) is 9.59. The Morgan fingerprint density at radius 3 is 2.04 bits per heavy atom. The number of benzene rings is 3. The summed E-state index contributed by atoms with van der Waals surface area (Å²) in [6, 6.07) is 29.8. The van der Waals surface area contributed by atoms with Crippen molar-refractivity contribution in [3.8, 4) is 0 Å². The predicted molar refractivity (Wildman–Crippen MR) is 111 cm³/mol. The molecule has 5 rings (SSSR count). The van der Waals surface area contributed by atoms with Crippen LogP contribution in [0.4, 0.5) is 0 Å². The van der Waals surface area contributed by atoms with Crippen molar-refractivity contribution in [2.45, 2.75) is 24.5 Å². The molecule has 2 saturated heterocycles. The van der Waals surface area contributed by atoms with Crippen LogP contribution in [0.3, 0.4) is 0 Å². The van der Waals surface area contributed by atoms with Crippen molar-refractivity contribution in [1.29, 1.82) is 0 Å². The molecule has 27 heavy (non-hydrogen) atoms. The Balaban J connectivity index is 1.68. The van der Waals surface area contributed by atoms with Crippen LogP contribution in [-0.4, -0.2) is 24.4 Å². The fraction of sp³-hybridized carbons (Fsp3) is 0.217. The monoisotopic (exact) mass is 373 g/mol. The van der Waals surface area contributed by atoms with E-state index in [9.17, 15) is 0 Å². The van der Waals surface area contributed by atoms with Crippen molar-refractivity contribution in [3.05, 3.63) is 101 Å². The number of halogens is 1. The molecule has 134 valence electrons. The molecule has 0 aliphatic carbocycles. The van der Waals surface area contributed by atoms with Gasteiger partial charge in [-0.25, -0.2) is 0 Å². The second-order valence-corrected chi connectivity index (χ2v) is 7.82. The van der Waals surface area contributed by atoms with Crippen LogP contribution in [0.5, 0.6) is 0 Å². The van der Waals surface area contributed by atoms with Crippen molar-refractivity contribution in [2.24, 2.45) is 0 Å². The summed E-state index contributed by atoms with van der Waals surface area (Å²) in [4.78, 5) is 2.53. The van der Waals surface area contributed by atoms with Gasteiger partial charge in [-0.2, -0.15) is 0 Å². The average molecular weight is 374 g/mol. The highest BCUT2D eigenvalue weighted by Gasteiger charge is 2.58. The molecule has 0 unspecified atom stereocenters. The minimum absolute atomic E-state index is 0.0600. The number of rotatable bonds is 3. The Kier molecular flexibility index (Phi) is 4.32. The van der Waals surface area contributed by atoms with E-state index in [1.807, 2.05) is 12.1 Å². The van der Waals surface area contributed by atoms with Gasteiger partial charge in [0.25, 0.3) is 0 Å². The van der Waals surface area contributed by atoms with Crippen molar-refractivity contribution < 1.29 is 4.65 Å². The highest BCUT2D eigenvalue weighted by atomic mass is 35.5. The molecule has 0 radical (unpaired) electrons. The number of nitrogens with zero attached hydrogens (tertiary/aromatic N) is 1. The van der Waals surface area contributed by atoms with Crippen LogP contribution in [0.25, 0.3) is 0 Å².